The first-order chi connectivity index (χ1) is 17.6. The molecule has 196 valence electrons. The van der Waals surface area contributed by atoms with Gasteiger partial charge in [-0.1, -0.05) is 18.7 Å². The SMILES string of the molecule is C=C1N2C=C(CN(C)CCO)C=C(C(F)(F)F)C2=CN1c1cccc(C2(Cc3nncn3C)COC2)c1. The van der Waals surface area contributed by atoms with Gasteiger partial charge in [0.2, 0.25) is 0 Å². The average Bonchev–Trinajstić information content (AvgIpc) is 3.38. The number of allylic oxidation sites excluding steroid dienone is 1. The summed E-state index contributed by atoms with van der Waals surface area (Å²) in [4.78, 5) is 4.94. The maximum atomic E-state index is 14.1. The number of rotatable bonds is 8. The van der Waals surface area contributed by atoms with Gasteiger partial charge in [0.15, 0.2) is 0 Å². The third kappa shape index (κ3) is 4.70. The number of alkyl halides is 3. The summed E-state index contributed by atoms with van der Waals surface area (Å²) in [7, 11) is 3.64. The van der Waals surface area contributed by atoms with E-state index >= 15 is 0 Å². The monoisotopic (exact) mass is 514 g/mol. The smallest absolute Gasteiger partial charge is 0.395 e. The minimum absolute atomic E-state index is 0.0252. The van der Waals surface area contributed by atoms with Crippen molar-refractivity contribution < 1.29 is 23.0 Å². The van der Waals surface area contributed by atoms with E-state index in [-0.39, 0.29) is 24.3 Å². The van der Waals surface area contributed by atoms with Gasteiger partial charge in [-0.25, -0.2) is 0 Å². The zero-order valence-electron chi connectivity index (χ0n) is 20.7. The summed E-state index contributed by atoms with van der Waals surface area (Å²) >= 11 is 0. The van der Waals surface area contributed by atoms with Crippen LogP contribution in [0.4, 0.5) is 18.9 Å². The molecule has 8 nitrogen and oxygen atoms in total. The number of hydrogen-bond donors (Lipinski definition) is 1. The Kier molecular flexibility index (Phi) is 6.47. The third-order valence-electron chi connectivity index (χ3n) is 7.00. The van der Waals surface area contributed by atoms with Gasteiger partial charge >= 0.3 is 6.18 Å². The molecule has 5 rings (SSSR count). The Morgan fingerprint density at radius 2 is 2.00 bits per heavy atom. The van der Waals surface area contributed by atoms with E-state index in [4.69, 9.17) is 4.74 Å². The van der Waals surface area contributed by atoms with Gasteiger partial charge in [0, 0.05) is 50.1 Å². The van der Waals surface area contributed by atoms with Crippen molar-refractivity contribution in [3.8, 4) is 0 Å². The second-order valence-corrected chi connectivity index (χ2v) is 9.75. The number of fused-ring (bicyclic) bond motifs is 1. The van der Waals surface area contributed by atoms with Crippen LogP contribution in [0.3, 0.4) is 0 Å². The van der Waals surface area contributed by atoms with Crippen molar-refractivity contribution in [1.29, 1.82) is 0 Å². The summed E-state index contributed by atoms with van der Waals surface area (Å²) in [6.45, 7) is 5.70. The number of nitrogens with zero attached hydrogens (tertiary/aromatic N) is 6. The third-order valence-corrected chi connectivity index (χ3v) is 7.00. The summed E-state index contributed by atoms with van der Waals surface area (Å²) in [5, 5.41) is 17.4. The number of anilines is 1. The molecule has 0 saturated carbocycles. The number of ether oxygens (including phenoxy) is 1. The molecular weight excluding hydrogens is 485 g/mol. The van der Waals surface area contributed by atoms with Gasteiger partial charge in [-0.3, -0.25) is 4.90 Å². The molecule has 11 heteroatoms. The topological polar surface area (TPSA) is 69.9 Å². The first kappa shape index (κ1) is 25.2. The highest BCUT2D eigenvalue weighted by Crippen LogP contribution is 2.44. The standard InChI is InChI=1S/C26H29F3N6O2/c1-18-34(14-23-22(26(27,28)29)9-19(13-35(18)23)12-32(2)7-8-36)21-6-4-5-20(10-21)25(15-37-16-25)11-24-31-30-17-33(24)3/h4-6,9-10,13-14,17,36H,1,7-8,11-12,15-16H2,2-3H3. The molecule has 1 aromatic heterocycles. The molecule has 1 saturated heterocycles. The Balaban J connectivity index is 1.46. The van der Waals surface area contributed by atoms with E-state index < -0.39 is 11.7 Å². The van der Waals surface area contributed by atoms with Gasteiger partial charge in [-0.2, -0.15) is 13.2 Å². The molecule has 0 unspecified atom stereocenters. The lowest BCUT2D eigenvalue weighted by Gasteiger charge is -2.42. The molecule has 2 aromatic rings. The predicted molar refractivity (Wildman–Crippen MR) is 132 cm³/mol. The number of aliphatic hydroxyl groups is 1. The lowest BCUT2D eigenvalue weighted by molar-refractivity contribution is -0.0909. The van der Waals surface area contributed by atoms with Gasteiger partial charge in [0.05, 0.1) is 31.1 Å². The maximum Gasteiger partial charge on any atom is 0.418 e. The molecule has 0 radical (unpaired) electrons. The summed E-state index contributed by atoms with van der Waals surface area (Å²) in [6, 6.07) is 7.75. The first-order valence-corrected chi connectivity index (χ1v) is 11.9. The molecule has 0 aliphatic carbocycles. The first-order valence-electron chi connectivity index (χ1n) is 11.9. The fourth-order valence-corrected chi connectivity index (χ4v) is 4.89. The summed E-state index contributed by atoms with van der Waals surface area (Å²) < 4.78 is 49.7. The molecule has 0 amide bonds. The van der Waals surface area contributed by atoms with E-state index in [9.17, 15) is 18.3 Å². The van der Waals surface area contributed by atoms with Crippen LogP contribution in [0, 0.1) is 0 Å². The van der Waals surface area contributed by atoms with Crippen molar-refractivity contribution in [1.82, 2.24) is 24.6 Å². The van der Waals surface area contributed by atoms with Gasteiger partial charge in [0.1, 0.15) is 18.0 Å². The van der Waals surface area contributed by atoms with Crippen LogP contribution in [0.5, 0.6) is 0 Å². The van der Waals surface area contributed by atoms with Crippen LogP contribution in [0.25, 0.3) is 0 Å². The van der Waals surface area contributed by atoms with Crippen molar-refractivity contribution in [3.63, 3.8) is 0 Å². The fourth-order valence-electron chi connectivity index (χ4n) is 4.89. The van der Waals surface area contributed by atoms with Crippen LogP contribution >= 0.6 is 0 Å². The lowest BCUT2D eigenvalue weighted by Crippen LogP contribution is -2.49. The van der Waals surface area contributed by atoms with Crippen LogP contribution in [0.15, 0.2) is 78.3 Å². The molecule has 3 aliphatic rings. The van der Waals surface area contributed by atoms with E-state index in [1.54, 1.807) is 29.4 Å². The minimum atomic E-state index is -4.54. The summed E-state index contributed by atoms with van der Waals surface area (Å²) in [5.74, 6) is 1.24. The Labute approximate surface area is 213 Å². The summed E-state index contributed by atoms with van der Waals surface area (Å²) in [5.41, 5.74) is 1.21. The highest BCUT2D eigenvalue weighted by atomic mass is 19.4. The van der Waals surface area contributed by atoms with Crippen molar-refractivity contribution >= 4 is 5.69 Å². The molecule has 4 heterocycles. The van der Waals surface area contributed by atoms with Crippen LogP contribution < -0.4 is 4.90 Å². The van der Waals surface area contributed by atoms with Crippen molar-refractivity contribution in [2.45, 2.75) is 18.0 Å². The molecule has 1 aromatic carbocycles. The van der Waals surface area contributed by atoms with Crippen molar-refractivity contribution in [2.24, 2.45) is 7.05 Å². The van der Waals surface area contributed by atoms with Crippen molar-refractivity contribution in [2.75, 3.05) is 44.9 Å². The number of hydrogen-bond acceptors (Lipinski definition) is 7. The largest absolute Gasteiger partial charge is 0.418 e. The number of aryl methyl sites for hydroxylation is 1. The Morgan fingerprint density at radius 3 is 2.62 bits per heavy atom. The zero-order chi connectivity index (χ0) is 26.4. The second kappa shape index (κ2) is 9.47. The van der Waals surface area contributed by atoms with Gasteiger partial charge in [0.25, 0.3) is 0 Å². The van der Waals surface area contributed by atoms with Crippen LogP contribution in [-0.2, 0) is 23.6 Å². The summed E-state index contributed by atoms with van der Waals surface area (Å²) in [6.07, 6.45) is 2.08. The van der Waals surface area contributed by atoms with Crippen LogP contribution in [0.1, 0.15) is 11.4 Å². The highest BCUT2D eigenvalue weighted by Gasteiger charge is 2.44. The Bertz CT molecular complexity index is 1290. The predicted octanol–water partition coefficient (Wildman–Crippen LogP) is 3.07. The molecule has 0 bridgehead atoms. The minimum Gasteiger partial charge on any atom is -0.395 e. The second-order valence-electron chi connectivity index (χ2n) is 9.75. The lowest BCUT2D eigenvalue weighted by atomic mass is 9.75. The fraction of sp³-hybridized carbons (Fsp3) is 0.385. The highest BCUT2D eigenvalue weighted by molar-refractivity contribution is 5.64. The normalized spacial score (nSPS) is 19.0. The molecular formula is C26H29F3N6O2. The van der Waals surface area contributed by atoms with Crippen LogP contribution in [0.2, 0.25) is 0 Å². The van der Waals surface area contributed by atoms with E-state index in [1.165, 1.54) is 17.2 Å². The van der Waals surface area contributed by atoms with Gasteiger partial charge in [-0.15, -0.1) is 10.2 Å². The van der Waals surface area contributed by atoms with E-state index in [0.717, 1.165) is 11.4 Å². The molecule has 37 heavy (non-hydrogen) atoms. The molecule has 1 N–H and O–H groups in total. The van der Waals surface area contributed by atoms with Gasteiger partial charge in [-0.05, 0) is 36.4 Å². The number of benzene rings is 1. The maximum absolute atomic E-state index is 14.1. The molecule has 0 atom stereocenters. The van der Waals surface area contributed by atoms with E-state index in [1.807, 2.05) is 35.9 Å². The molecule has 0 spiro atoms. The van der Waals surface area contributed by atoms with Crippen LogP contribution in [-0.4, -0.2) is 75.8 Å². The zero-order valence-corrected chi connectivity index (χ0v) is 20.7. The quantitative estimate of drug-likeness (QED) is 0.581. The molecule has 3 aliphatic heterocycles. The van der Waals surface area contributed by atoms with E-state index in [2.05, 4.69) is 16.8 Å². The van der Waals surface area contributed by atoms with Gasteiger partial charge < -0.3 is 24.2 Å². The Hall–Kier alpha value is -3.41. The number of aromatic nitrogens is 3. The average molecular weight is 515 g/mol. The number of halogens is 3. The number of likely N-dealkylation sites (N-methyl/N-ethyl adjacent to an activating group) is 1. The molecule has 1 fully saturated rings. The van der Waals surface area contributed by atoms with Crippen molar-refractivity contribution in [3.05, 3.63) is 89.7 Å². The Morgan fingerprint density at radius 1 is 1.22 bits per heavy atom. The van der Waals surface area contributed by atoms with E-state index in [0.29, 0.717) is 43.3 Å². The number of aliphatic hydroxyl groups excluding tert-OH is 1.